The lowest BCUT2D eigenvalue weighted by molar-refractivity contribution is 0.0344. The van der Waals surface area contributed by atoms with Crippen LogP contribution >= 0.6 is 0 Å². The zero-order chi connectivity index (χ0) is 28.9. The lowest BCUT2D eigenvalue weighted by Crippen LogP contribution is -2.49. The fourth-order valence-electron chi connectivity index (χ4n) is 4.76. The lowest BCUT2D eigenvalue weighted by Gasteiger charge is -2.38. The molecule has 9 nitrogen and oxygen atoms in total. The number of nitrogens with one attached hydrogen (secondary N) is 1. The first-order valence-corrected chi connectivity index (χ1v) is 14.7. The molecule has 0 saturated heterocycles. The van der Waals surface area contributed by atoms with Gasteiger partial charge in [0.1, 0.15) is 11.9 Å². The molecule has 1 aliphatic rings. The second kappa shape index (κ2) is 12.7. The van der Waals surface area contributed by atoms with E-state index < -0.39 is 16.1 Å². The Hall–Kier alpha value is -3.60. The van der Waals surface area contributed by atoms with E-state index in [2.05, 4.69) is 9.62 Å². The molecule has 1 heterocycles. The van der Waals surface area contributed by atoms with Gasteiger partial charge in [-0.25, -0.2) is 8.42 Å². The van der Waals surface area contributed by atoms with Crippen LogP contribution in [0.5, 0.6) is 11.5 Å². The van der Waals surface area contributed by atoms with Crippen molar-refractivity contribution in [3.63, 3.8) is 0 Å². The summed E-state index contributed by atoms with van der Waals surface area (Å²) in [4.78, 5) is 17.5. The number of sulfonamides is 1. The predicted molar refractivity (Wildman–Crippen MR) is 154 cm³/mol. The van der Waals surface area contributed by atoms with Gasteiger partial charge >= 0.3 is 0 Å². The minimum Gasteiger partial charge on any atom is -0.497 e. The van der Waals surface area contributed by atoms with Gasteiger partial charge in [-0.2, -0.15) is 0 Å². The number of likely N-dealkylation sites (N-methyl/N-ethyl adjacent to an activating group) is 1. The zero-order valence-electron chi connectivity index (χ0n) is 23.3. The van der Waals surface area contributed by atoms with E-state index in [1.165, 1.54) is 12.1 Å². The third-order valence-electron chi connectivity index (χ3n) is 7.09. The number of aliphatic hydroxyl groups excluding tert-OH is 1. The van der Waals surface area contributed by atoms with Crippen molar-refractivity contribution in [2.24, 2.45) is 5.92 Å². The average Bonchev–Trinajstić information content (AvgIpc) is 2.95. The summed E-state index contributed by atoms with van der Waals surface area (Å²) >= 11 is 0. The molecule has 4 rings (SSSR count). The number of amides is 1. The first-order valence-electron chi connectivity index (χ1n) is 13.2. The highest BCUT2D eigenvalue weighted by atomic mass is 32.2. The number of benzene rings is 3. The van der Waals surface area contributed by atoms with Crippen LogP contribution in [0.15, 0.2) is 77.7 Å². The van der Waals surface area contributed by atoms with E-state index in [1.807, 2.05) is 38.2 Å². The van der Waals surface area contributed by atoms with Crippen LogP contribution in [0.2, 0.25) is 0 Å². The molecule has 0 aromatic heterocycles. The molecule has 0 radical (unpaired) electrons. The molecule has 3 aromatic carbocycles. The molecule has 0 bridgehead atoms. The Morgan fingerprint density at radius 1 is 1.10 bits per heavy atom. The van der Waals surface area contributed by atoms with Crippen molar-refractivity contribution in [3.05, 3.63) is 83.9 Å². The van der Waals surface area contributed by atoms with E-state index in [9.17, 15) is 18.3 Å². The van der Waals surface area contributed by atoms with Crippen LogP contribution in [0.4, 0.5) is 5.69 Å². The first kappa shape index (κ1) is 29.4. The SMILES string of the molecule is COc1ccc(CN(C)C[C@H]2Oc3c(NS(=O)(=O)c4ccccc4)cccc3C(=O)N([C@H](C)CO)C[C@H]2C)cc1. The maximum atomic E-state index is 13.7. The normalized spacial score (nSPS) is 18.4. The van der Waals surface area contributed by atoms with Gasteiger partial charge in [0.25, 0.3) is 15.9 Å². The largest absolute Gasteiger partial charge is 0.497 e. The Bertz CT molecular complexity index is 1400. The molecule has 0 saturated carbocycles. The standard InChI is InChI=1S/C30H37N3O6S/c1-21-17-33(22(2)20-34)30(35)26-11-8-12-27(31-40(36,37)25-9-6-5-7-10-25)29(26)39-28(21)19-32(3)18-23-13-15-24(38-4)16-14-23/h5-16,21-22,28,31,34H,17-20H2,1-4H3/t21-,22-,28-/m1/s1. The van der Waals surface area contributed by atoms with Gasteiger partial charge in [-0.1, -0.05) is 43.3 Å². The first-order chi connectivity index (χ1) is 19.1. The summed E-state index contributed by atoms with van der Waals surface area (Å²) in [6, 6.07) is 20.3. The van der Waals surface area contributed by atoms with Crippen molar-refractivity contribution in [3.8, 4) is 11.5 Å². The predicted octanol–water partition coefficient (Wildman–Crippen LogP) is 3.85. The second-order valence-electron chi connectivity index (χ2n) is 10.3. The van der Waals surface area contributed by atoms with Crippen molar-refractivity contribution >= 4 is 21.6 Å². The number of nitrogens with zero attached hydrogens (tertiary/aromatic N) is 2. The van der Waals surface area contributed by atoms with Gasteiger partial charge in [0.2, 0.25) is 0 Å². The molecule has 1 aliphatic heterocycles. The third kappa shape index (κ3) is 6.75. The van der Waals surface area contributed by atoms with Crippen LogP contribution in [0.3, 0.4) is 0 Å². The van der Waals surface area contributed by atoms with Gasteiger partial charge in [-0.05, 0) is 55.9 Å². The summed E-state index contributed by atoms with van der Waals surface area (Å²) < 4.78 is 40.8. The molecule has 0 spiro atoms. The number of methoxy groups -OCH3 is 1. The Labute approximate surface area is 236 Å². The summed E-state index contributed by atoms with van der Waals surface area (Å²) in [6.07, 6.45) is -0.383. The zero-order valence-corrected chi connectivity index (χ0v) is 24.1. The van der Waals surface area contributed by atoms with E-state index in [0.717, 1.165) is 11.3 Å². The van der Waals surface area contributed by atoms with E-state index in [0.29, 0.717) is 19.6 Å². The highest BCUT2D eigenvalue weighted by Crippen LogP contribution is 2.36. The highest BCUT2D eigenvalue weighted by molar-refractivity contribution is 7.92. The number of anilines is 1. The molecule has 3 atom stereocenters. The number of rotatable bonds is 10. The highest BCUT2D eigenvalue weighted by Gasteiger charge is 2.35. The maximum Gasteiger partial charge on any atom is 0.262 e. The summed E-state index contributed by atoms with van der Waals surface area (Å²) in [7, 11) is -0.315. The Morgan fingerprint density at radius 2 is 1.80 bits per heavy atom. The molecule has 10 heteroatoms. The number of aliphatic hydroxyl groups is 1. The lowest BCUT2D eigenvalue weighted by atomic mass is 9.99. The molecular formula is C30H37N3O6S. The van der Waals surface area contributed by atoms with Crippen LogP contribution < -0.4 is 14.2 Å². The van der Waals surface area contributed by atoms with E-state index in [-0.39, 0.29) is 46.4 Å². The van der Waals surface area contributed by atoms with Gasteiger partial charge in [0, 0.05) is 25.6 Å². The number of carbonyl (C=O) groups is 1. The monoisotopic (exact) mass is 567 g/mol. The fourth-order valence-corrected chi connectivity index (χ4v) is 5.84. The molecule has 1 amide bonds. The maximum absolute atomic E-state index is 13.7. The molecule has 0 aliphatic carbocycles. The van der Waals surface area contributed by atoms with Crippen LogP contribution in [-0.4, -0.2) is 75.2 Å². The third-order valence-corrected chi connectivity index (χ3v) is 8.47. The van der Waals surface area contributed by atoms with Crippen LogP contribution in [0.25, 0.3) is 0 Å². The molecular weight excluding hydrogens is 530 g/mol. The van der Waals surface area contributed by atoms with Gasteiger partial charge < -0.3 is 19.5 Å². The van der Waals surface area contributed by atoms with E-state index in [1.54, 1.807) is 55.3 Å². The van der Waals surface area contributed by atoms with Crippen LogP contribution in [0, 0.1) is 5.92 Å². The minimum atomic E-state index is -3.94. The van der Waals surface area contributed by atoms with Crippen molar-refractivity contribution in [1.82, 2.24) is 9.80 Å². The molecule has 0 fully saturated rings. The molecule has 40 heavy (non-hydrogen) atoms. The van der Waals surface area contributed by atoms with E-state index >= 15 is 0 Å². The number of para-hydroxylation sites is 1. The van der Waals surface area contributed by atoms with Gasteiger partial charge in [0.15, 0.2) is 5.75 Å². The van der Waals surface area contributed by atoms with Crippen LogP contribution in [-0.2, 0) is 16.6 Å². The van der Waals surface area contributed by atoms with Crippen molar-refractivity contribution in [2.75, 3.05) is 38.6 Å². The molecule has 3 aromatic rings. The summed E-state index contributed by atoms with van der Waals surface area (Å²) in [6.45, 7) is 5.14. The number of carbonyl (C=O) groups excluding carboxylic acids is 1. The topological polar surface area (TPSA) is 108 Å². The summed E-state index contributed by atoms with van der Waals surface area (Å²) in [5.74, 6) is 0.516. The van der Waals surface area contributed by atoms with E-state index in [4.69, 9.17) is 9.47 Å². The fraction of sp³-hybridized carbons (Fsp3) is 0.367. The minimum absolute atomic E-state index is 0.101. The van der Waals surface area contributed by atoms with Crippen molar-refractivity contribution < 1.29 is 27.8 Å². The average molecular weight is 568 g/mol. The Morgan fingerprint density at radius 3 is 2.45 bits per heavy atom. The number of hydrogen-bond donors (Lipinski definition) is 2. The molecule has 2 N–H and O–H groups in total. The number of fused-ring (bicyclic) bond motifs is 1. The quantitative estimate of drug-likeness (QED) is 0.383. The van der Waals surface area contributed by atoms with Crippen LogP contribution in [0.1, 0.15) is 29.8 Å². The van der Waals surface area contributed by atoms with Gasteiger partial charge in [0.05, 0.1) is 35.9 Å². The smallest absolute Gasteiger partial charge is 0.262 e. The van der Waals surface area contributed by atoms with Gasteiger partial charge in [-0.3, -0.25) is 14.4 Å². The number of hydrogen-bond acceptors (Lipinski definition) is 7. The van der Waals surface area contributed by atoms with Crippen molar-refractivity contribution in [1.29, 1.82) is 0 Å². The second-order valence-corrected chi connectivity index (χ2v) is 12.0. The molecule has 214 valence electrons. The van der Waals surface area contributed by atoms with Crippen molar-refractivity contribution in [2.45, 2.75) is 37.4 Å². The summed E-state index contributed by atoms with van der Waals surface area (Å²) in [5.41, 5.74) is 1.52. The molecule has 0 unspecified atom stereocenters. The van der Waals surface area contributed by atoms with Gasteiger partial charge in [-0.15, -0.1) is 0 Å². The summed E-state index contributed by atoms with van der Waals surface area (Å²) in [5, 5.41) is 9.91. The number of ether oxygens (including phenoxy) is 2. The Kier molecular flexibility index (Phi) is 9.34. The Balaban J connectivity index is 1.68.